The number of amides is 3. The number of thioether (sulfide) groups is 2. The monoisotopic (exact) mass is 618 g/mol. The summed E-state index contributed by atoms with van der Waals surface area (Å²) >= 11 is 3.35. The summed E-state index contributed by atoms with van der Waals surface area (Å²) in [4.78, 5) is 71.8. The van der Waals surface area contributed by atoms with Crippen LogP contribution >= 0.6 is 34.9 Å². The highest BCUT2D eigenvalue weighted by Crippen LogP contribution is 2.41. The molecular weight excluding hydrogens is 593 g/mol. The van der Waals surface area contributed by atoms with E-state index in [2.05, 4.69) is 20.8 Å². The number of thiazole rings is 1. The first-order valence-corrected chi connectivity index (χ1v) is 15.0. The van der Waals surface area contributed by atoms with Gasteiger partial charge in [-0.25, -0.2) is 9.78 Å². The van der Waals surface area contributed by atoms with Crippen LogP contribution in [0.5, 0.6) is 0 Å². The Balaban J connectivity index is 1.51. The molecule has 0 aliphatic carbocycles. The van der Waals surface area contributed by atoms with E-state index >= 15 is 0 Å². The van der Waals surface area contributed by atoms with Gasteiger partial charge in [0.05, 0.1) is 5.75 Å². The molecule has 2 aliphatic rings. The van der Waals surface area contributed by atoms with Crippen LogP contribution in [0, 0.1) is 6.92 Å². The van der Waals surface area contributed by atoms with Gasteiger partial charge >= 0.3 is 5.97 Å². The molecule has 0 spiro atoms. The first-order chi connectivity index (χ1) is 19.5. The Morgan fingerprint density at radius 1 is 1.32 bits per heavy atom. The summed E-state index contributed by atoms with van der Waals surface area (Å²) in [5.41, 5.74) is 8.14. The smallest absolute Gasteiger partial charge is 0.352 e. The van der Waals surface area contributed by atoms with Crippen molar-refractivity contribution < 1.29 is 33.9 Å². The van der Waals surface area contributed by atoms with Crippen LogP contribution in [0.2, 0.25) is 0 Å². The number of nitrogen functional groups attached to an aromatic ring is 1. The molecule has 1 aromatic heterocycles. The van der Waals surface area contributed by atoms with Gasteiger partial charge in [0.1, 0.15) is 29.9 Å². The van der Waals surface area contributed by atoms with E-state index in [1.54, 1.807) is 19.1 Å². The summed E-state index contributed by atoms with van der Waals surface area (Å²) in [6, 6.07) is 4.31. The number of aliphatic carboxylic acids is 1. The molecule has 1 aromatic carbocycles. The molecule has 4 rings (SSSR count). The second kappa shape index (κ2) is 12.7. The lowest BCUT2D eigenvalue weighted by atomic mass is 9.96. The number of carbonyl (C=O) groups is 5. The molecule has 0 bridgehead atoms. The van der Waals surface area contributed by atoms with E-state index in [4.69, 9.17) is 10.6 Å². The second-order valence-electron chi connectivity index (χ2n) is 8.91. The highest BCUT2D eigenvalue weighted by Gasteiger charge is 2.54. The molecule has 0 unspecified atom stereocenters. The zero-order valence-electron chi connectivity index (χ0n) is 22.1. The van der Waals surface area contributed by atoms with Gasteiger partial charge in [-0.05, 0) is 36.1 Å². The van der Waals surface area contributed by atoms with Crippen LogP contribution in [0.15, 0.2) is 40.0 Å². The van der Waals surface area contributed by atoms with Gasteiger partial charge in [-0.15, -0.1) is 23.1 Å². The molecule has 1 fully saturated rings. The predicted molar refractivity (Wildman–Crippen MR) is 156 cm³/mol. The molecule has 0 saturated carbocycles. The third-order valence-corrected chi connectivity index (χ3v) is 9.06. The van der Waals surface area contributed by atoms with Gasteiger partial charge in [-0.1, -0.05) is 29.1 Å². The summed E-state index contributed by atoms with van der Waals surface area (Å²) in [7, 11) is 1.26. The number of β-lactam (4-membered cyclic amide) rings is 1. The van der Waals surface area contributed by atoms with E-state index in [0.29, 0.717) is 17.0 Å². The summed E-state index contributed by atoms with van der Waals surface area (Å²) < 4.78 is 0. The van der Waals surface area contributed by atoms with Crippen molar-refractivity contribution in [3.63, 3.8) is 0 Å². The molecule has 2 atom stereocenters. The minimum atomic E-state index is -1.26. The number of anilines is 2. The fraction of sp³-hybridized carbons (Fsp3) is 0.320. The van der Waals surface area contributed by atoms with Gasteiger partial charge in [0.15, 0.2) is 16.0 Å². The molecule has 3 amide bonds. The number of nitrogens with zero attached hydrogens (tertiary/aromatic N) is 3. The molecule has 13 nitrogen and oxygen atoms in total. The molecule has 5 N–H and O–H groups in total. The standard InChI is InChI=1S/C25H26N6O7S3/c1-11-13(5-4-6-15(11)27-17(33)10-39-12(2)32)7-14-8-40-23-19(22(35)31(23)20(14)24(36)37)29-21(34)18(30-38-3)16-9-41-25(26)28-16/h4-6,9,19,23H,7-8,10H2,1-3H3,(H2,26,28)(H,27,33)(H,29,34)(H,36,37)/t19-,23-/m1/s1. The van der Waals surface area contributed by atoms with Crippen LogP contribution in [0.4, 0.5) is 10.8 Å². The molecule has 2 aromatic rings. The van der Waals surface area contributed by atoms with Crippen LogP contribution in [-0.2, 0) is 35.2 Å². The maximum Gasteiger partial charge on any atom is 0.352 e. The van der Waals surface area contributed by atoms with E-state index in [-0.39, 0.29) is 45.4 Å². The van der Waals surface area contributed by atoms with Crippen LogP contribution in [0.3, 0.4) is 0 Å². The highest BCUT2D eigenvalue weighted by molar-refractivity contribution is 8.14. The van der Waals surface area contributed by atoms with Crippen molar-refractivity contribution in [1.29, 1.82) is 0 Å². The maximum absolute atomic E-state index is 13.1. The Morgan fingerprint density at radius 3 is 2.71 bits per heavy atom. The lowest BCUT2D eigenvalue weighted by molar-refractivity contribution is -0.150. The molecule has 216 valence electrons. The molecular formula is C25H26N6O7S3. The number of carboxylic acids is 1. The number of hydrogen-bond donors (Lipinski definition) is 4. The lowest BCUT2D eigenvalue weighted by Gasteiger charge is -2.49. The summed E-state index contributed by atoms with van der Waals surface area (Å²) in [5.74, 6) is -2.58. The van der Waals surface area contributed by atoms with Gasteiger partial charge in [0.2, 0.25) is 5.91 Å². The van der Waals surface area contributed by atoms with Crippen LogP contribution in [0.25, 0.3) is 0 Å². The predicted octanol–water partition coefficient (Wildman–Crippen LogP) is 1.58. The van der Waals surface area contributed by atoms with Gasteiger partial charge in [0.25, 0.3) is 11.8 Å². The third-order valence-electron chi connectivity index (χ3n) is 6.23. The van der Waals surface area contributed by atoms with Gasteiger partial charge in [-0.2, -0.15) is 0 Å². The Kier molecular flexibility index (Phi) is 9.35. The Bertz CT molecular complexity index is 1490. The number of nitrogens with two attached hydrogens (primary N) is 1. The van der Waals surface area contributed by atoms with Crippen molar-refractivity contribution in [2.75, 3.05) is 29.7 Å². The molecule has 3 heterocycles. The van der Waals surface area contributed by atoms with Crippen molar-refractivity contribution in [2.24, 2.45) is 5.16 Å². The number of carbonyl (C=O) groups excluding carboxylic acids is 4. The Labute approximate surface area is 246 Å². The first-order valence-electron chi connectivity index (χ1n) is 12.1. The first kappa shape index (κ1) is 30.1. The average molecular weight is 619 g/mol. The number of aromatic nitrogens is 1. The van der Waals surface area contributed by atoms with Crippen molar-refractivity contribution in [1.82, 2.24) is 15.2 Å². The SMILES string of the molecule is CON=C(C(=O)N[C@@H]1C(=O)N2C(C(=O)O)=C(Cc3cccc(NC(=O)CSC(C)=O)c3C)CS[C@H]12)c1csc(N)n1. The third kappa shape index (κ3) is 6.55. The van der Waals surface area contributed by atoms with Gasteiger partial charge in [-0.3, -0.25) is 24.1 Å². The van der Waals surface area contributed by atoms with Crippen LogP contribution in [-0.4, -0.2) is 79.5 Å². The molecule has 1 saturated heterocycles. The number of hydrogen-bond acceptors (Lipinski definition) is 12. The van der Waals surface area contributed by atoms with Gasteiger partial charge in [0, 0.05) is 23.7 Å². The minimum Gasteiger partial charge on any atom is -0.477 e. The van der Waals surface area contributed by atoms with Crippen molar-refractivity contribution >= 4 is 80.2 Å². The maximum atomic E-state index is 13.1. The average Bonchev–Trinajstić information content (AvgIpc) is 3.36. The number of oxime groups is 1. The van der Waals surface area contributed by atoms with E-state index in [9.17, 15) is 29.1 Å². The molecule has 2 aliphatic heterocycles. The van der Waals surface area contributed by atoms with E-state index in [1.165, 1.54) is 36.1 Å². The second-order valence-corrected chi connectivity index (χ2v) is 12.1. The molecule has 41 heavy (non-hydrogen) atoms. The van der Waals surface area contributed by atoms with E-state index in [0.717, 1.165) is 34.2 Å². The van der Waals surface area contributed by atoms with Crippen LogP contribution in [0.1, 0.15) is 23.7 Å². The van der Waals surface area contributed by atoms with Crippen molar-refractivity contribution in [3.8, 4) is 0 Å². The summed E-state index contributed by atoms with van der Waals surface area (Å²) in [6.45, 7) is 3.19. The zero-order valence-corrected chi connectivity index (χ0v) is 24.6. The normalized spacial score (nSPS) is 18.4. The fourth-order valence-electron chi connectivity index (χ4n) is 4.31. The minimum absolute atomic E-state index is 0.0171. The summed E-state index contributed by atoms with van der Waals surface area (Å²) in [5, 5.41) is 20.1. The lowest BCUT2D eigenvalue weighted by Crippen LogP contribution is -2.71. The number of nitrogens with one attached hydrogen (secondary N) is 2. The number of rotatable bonds is 10. The Hall–Kier alpha value is -3.89. The van der Waals surface area contributed by atoms with E-state index in [1.807, 2.05) is 6.07 Å². The topological polar surface area (TPSA) is 193 Å². The quantitative estimate of drug-likeness (QED) is 0.172. The summed E-state index contributed by atoms with van der Waals surface area (Å²) in [6.07, 6.45) is 0.232. The van der Waals surface area contributed by atoms with Gasteiger partial charge < -0.3 is 26.3 Å². The van der Waals surface area contributed by atoms with E-state index < -0.39 is 29.2 Å². The number of carboxylic acid groups (broad SMARTS) is 1. The van der Waals surface area contributed by atoms with Crippen molar-refractivity contribution in [2.45, 2.75) is 31.7 Å². The highest BCUT2D eigenvalue weighted by atomic mass is 32.2. The fourth-order valence-corrected chi connectivity index (χ4v) is 6.61. The zero-order chi connectivity index (χ0) is 29.8. The molecule has 0 radical (unpaired) electrons. The van der Waals surface area contributed by atoms with Crippen molar-refractivity contribution in [3.05, 3.63) is 51.7 Å². The molecule has 16 heteroatoms. The van der Waals surface area contributed by atoms with Crippen LogP contribution < -0.4 is 16.4 Å². The Morgan fingerprint density at radius 2 is 2.07 bits per heavy atom. The number of fused-ring (bicyclic) bond motifs is 1. The number of benzene rings is 1. The largest absolute Gasteiger partial charge is 0.477 e.